The molecule has 148 valence electrons. The highest BCUT2D eigenvalue weighted by atomic mass is 32.1. The highest BCUT2D eigenvalue weighted by Gasteiger charge is 2.66. The van der Waals surface area contributed by atoms with Crippen molar-refractivity contribution >= 4 is 29.0 Å². The van der Waals surface area contributed by atoms with E-state index in [1.54, 1.807) is 5.32 Å². The van der Waals surface area contributed by atoms with Gasteiger partial charge in [0.25, 0.3) is 11.4 Å². The second-order valence-electron chi connectivity index (χ2n) is 5.57. The maximum Gasteiger partial charge on any atom is 0.437 e. The molecule has 27 heavy (non-hydrogen) atoms. The molecule has 3 unspecified atom stereocenters. The van der Waals surface area contributed by atoms with E-state index in [1.165, 1.54) is 6.92 Å². The number of rotatable bonds is 4. The standard InChI is InChI=1S/C14H14F3N3O6S/c1-2-26-11(22)9-10(7-5-6(20(24)25)3-4-8(7)21)18-12(27)19-13(9,23)14(15,16)17/h3-5,9-10,21,23H,2H2,1H3,(H2,18,19,27). The summed E-state index contributed by atoms with van der Waals surface area (Å²) in [5.74, 6) is -4.45. The largest absolute Gasteiger partial charge is 0.508 e. The van der Waals surface area contributed by atoms with Crippen LogP contribution in [-0.4, -0.2) is 44.7 Å². The van der Waals surface area contributed by atoms with Gasteiger partial charge in [-0.05, 0) is 25.2 Å². The summed E-state index contributed by atoms with van der Waals surface area (Å²) in [6.45, 7) is 1.06. The molecule has 1 aliphatic heterocycles. The van der Waals surface area contributed by atoms with Crippen LogP contribution < -0.4 is 10.6 Å². The lowest BCUT2D eigenvalue weighted by molar-refractivity contribution is -0.385. The zero-order chi connectivity index (χ0) is 20.6. The van der Waals surface area contributed by atoms with Crippen molar-refractivity contribution < 1.29 is 37.8 Å². The van der Waals surface area contributed by atoms with E-state index in [0.717, 1.165) is 18.2 Å². The second-order valence-corrected chi connectivity index (χ2v) is 5.98. The number of nitro groups is 1. The molecule has 0 spiro atoms. The number of aromatic hydroxyl groups is 1. The van der Waals surface area contributed by atoms with Crippen LogP contribution in [0.4, 0.5) is 18.9 Å². The van der Waals surface area contributed by atoms with E-state index in [1.807, 2.05) is 0 Å². The van der Waals surface area contributed by atoms with Crippen molar-refractivity contribution in [2.75, 3.05) is 6.61 Å². The van der Waals surface area contributed by atoms with Gasteiger partial charge in [0.05, 0.1) is 17.6 Å². The minimum Gasteiger partial charge on any atom is -0.508 e. The molecule has 0 aromatic heterocycles. The van der Waals surface area contributed by atoms with Gasteiger partial charge in [0.15, 0.2) is 5.11 Å². The smallest absolute Gasteiger partial charge is 0.437 e. The number of alkyl halides is 3. The minimum atomic E-state index is -5.37. The van der Waals surface area contributed by atoms with Crippen molar-refractivity contribution in [3.8, 4) is 5.75 Å². The Morgan fingerprint density at radius 2 is 2.11 bits per heavy atom. The fraction of sp³-hybridized carbons (Fsp3) is 0.429. The molecule has 2 rings (SSSR count). The number of halogens is 3. The Kier molecular flexibility index (Phi) is 5.47. The normalized spacial score (nSPS) is 25.3. The van der Waals surface area contributed by atoms with Crippen LogP contribution in [0.2, 0.25) is 0 Å². The van der Waals surface area contributed by atoms with Gasteiger partial charge < -0.3 is 25.6 Å². The molecule has 1 saturated heterocycles. The summed E-state index contributed by atoms with van der Waals surface area (Å²) in [5, 5.41) is 34.5. The first kappa shape index (κ1) is 20.6. The molecular weight excluding hydrogens is 395 g/mol. The van der Waals surface area contributed by atoms with Gasteiger partial charge in [-0.15, -0.1) is 0 Å². The van der Waals surface area contributed by atoms with Crippen LogP contribution in [0.5, 0.6) is 5.75 Å². The predicted molar refractivity (Wildman–Crippen MR) is 87.5 cm³/mol. The zero-order valence-corrected chi connectivity index (χ0v) is 14.4. The molecule has 0 radical (unpaired) electrons. The van der Waals surface area contributed by atoms with Crippen molar-refractivity contribution in [2.24, 2.45) is 5.92 Å². The van der Waals surface area contributed by atoms with Gasteiger partial charge in [-0.2, -0.15) is 13.2 Å². The number of benzene rings is 1. The van der Waals surface area contributed by atoms with Gasteiger partial charge in [-0.1, -0.05) is 0 Å². The molecule has 3 atom stereocenters. The van der Waals surface area contributed by atoms with Crippen molar-refractivity contribution in [1.82, 2.24) is 10.6 Å². The minimum absolute atomic E-state index is 0.290. The predicted octanol–water partition coefficient (Wildman–Crippen LogP) is 1.25. The number of non-ortho nitro benzene ring substituents is 1. The van der Waals surface area contributed by atoms with Gasteiger partial charge in [0, 0.05) is 17.7 Å². The van der Waals surface area contributed by atoms with Crippen molar-refractivity contribution in [3.05, 3.63) is 33.9 Å². The first-order valence-corrected chi connectivity index (χ1v) is 7.85. The lowest BCUT2D eigenvalue weighted by atomic mass is 9.81. The number of hydrogen-bond donors (Lipinski definition) is 4. The maximum atomic E-state index is 13.6. The van der Waals surface area contributed by atoms with Crippen LogP contribution in [0.3, 0.4) is 0 Å². The summed E-state index contributed by atoms with van der Waals surface area (Å²) in [7, 11) is 0. The third-order valence-corrected chi connectivity index (χ3v) is 4.12. The van der Waals surface area contributed by atoms with E-state index >= 15 is 0 Å². The first-order valence-electron chi connectivity index (χ1n) is 7.44. The summed E-state index contributed by atoms with van der Waals surface area (Å²) in [6.07, 6.45) is -5.37. The van der Waals surface area contributed by atoms with Gasteiger partial charge >= 0.3 is 12.1 Å². The van der Waals surface area contributed by atoms with E-state index in [-0.39, 0.29) is 6.61 Å². The first-order chi connectivity index (χ1) is 12.4. The van der Waals surface area contributed by atoms with Crippen LogP contribution in [0.15, 0.2) is 18.2 Å². The van der Waals surface area contributed by atoms with Crippen LogP contribution in [0.1, 0.15) is 18.5 Å². The second kappa shape index (κ2) is 7.15. The molecule has 0 aliphatic carbocycles. The fourth-order valence-corrected chi connectivity index (χ4v) is 2.98. The van der Waals surface area contributed by atoms with Gasteiger partial charge in [-0.3, -0.25) is 14.9 Å². The molecule has 0 bridgehead atoms. The third kappa shape index (κ3) is 3.73. The van der Waals surface area contributed by atoms with Gasteiger partial charge in [0.2, 0.25) is 0 Å². The number of esters is 1. The van der Waals surface area contributed by atoms with E-state index in [9.17, 15) is 38.3 Å². The molecule has 1 aromatic carbocycles. The Morgan fingerprint density at radius 3 is 2.63 bits per heavy atom. The van der Waals surface area contributed by atoms with Crippen molar-refractivity contribution in [1.29, 1.82) is 0 Å². The molecular formula is C14H14F3N3O6S. The molecule has 4 N–H and O–H groups in total. The summed E-state index contributed by atoms with van der Waals surface area (Å²) >= 11 is 4.68. The number of nitro benzene ring substituents is 1. The number of thiocarbonyl (C=S) groups is 1. The SMILES string of the molecule is CCOC(=O)C1C(c2cc([N+](=O)[O-])ccc2O)NC(=S)NC1(O)C(F)(F)F. The molecule has 13 heteroatoms. The van der Waals surface area contributed by atoms with Crippen molar-refractivity contribution in [3.63, 3.8) is 0 Å². The zero-order valence-electron chi connectivity index (χ0n) is 13.6. The molecule has 0 saturated carbocycles. The maximum absolute atomic E-state index is 13.6. The molecule has 1 heterocycles. The average Bonchev–Trinajstić information content (AvgIpc) is 2.53. The highest BCUT2D eigenvalue weighted by molar-refractivity contribution is 7.80. The quantitative estimate of drug-likeness (QED) is 0.251. The number of phenols is 1. The van der Waals surface area contributed by atoms with E-state index in [4.69, 9.17) is 0 Å². The number of phenolic OH excluding ortho intramolecular Hbond substituents is 1. The Labute approximate surface area is 155 Å². The Bertz CT molecular complexity index is 790. The Morgan fingerprint density at radius 1 is 1.48 bits per heavy atom. The van der Waals surface area contributed by atoms with Crippen LogP contribution in [0, 0.1) is 16.0 Å². The van der Waals surface area contributed by atoms with Crippen LogP contribution in [-0.2, 0) is 9.53 Å². The lowest BCUT2D eigenvalue weighted by Gasteiger charge is -2.45. The summed E-state index contributed by atoms with van der Waals surface area (Å²) in [6, 6.07) is 0.830. The van der Waals surface area contributed by atoms with Crippen LogP contribution in [0.25, 0.3) is 0 Å². The van der Waals surface area contributed by atoms with Crippen molar-refractivity contribution in [2.45, 2.75) is 24.9 Å². The number of nitrogens with one attached hydrogen (secondary N) is 2. The van der Waals surface area contributed by atoms with Gasteiger partial charge in [0.1, 0.15) is 11.7 Å². The number of carbonyl (C=O) groups excluding carboxylic acids is 1. The van der Waals surface area contributed by atoms with E-state index < -0.39 is 56.9 Å². The fourth-order valence-electron chi connectivity index (χ4n) is 2.70. The number of ether oxygens (including phenoxy) is 1. The Hall–Kier alpha value is -2.67. The highest BCUT2D eigenvalue weighted by Crippen LogP contribution is 2.45. The molecule has 1 aliphatic rings. The number of nitrogens with zero attached hydrogens (tertiary/aromatic N) is 1. The number of carbonyl (C=O) groups is 1. The van der Waals surface area contributed by atoms with E-state index in [0.29, 0.717) is 0 Å². The molecule has 0 amide bonds. The molecule has 9 nitrogen and oxygen atoms in total. The van der Waals surface area contributed by atoms with Crippen LogP contribution >= 0.6 is 12.2 Å². The summed E-state index contributed by atoms with van der Waals surface area (Å²) < 4.78 is 45.3. The summed E-state index contributed by atoms with van der Waals surface area (Å²) in [5.41, 5.74) is -4.82. The monoisotopic (exact) mass is 409 g/mol. The third-order valence-electron chi connectivity index (χ3n) is 3.90. The van der Waals surface area contributed by atoms with E-state index in [2.05, 4.69) is 22.3 Å². The number of hydrogen-bond acceptors (Lipinski definition) is 7. The molecule has 1 aromatic rings. The molecule has 1 fully saturated rings. The average molecular weight is 409 g/mol. The lowest BCUT2D eigenvalue weighted by Crippen LogP contribution is -2.73. The number of aliphatic hydroxyl groups is 1. The topological polar surface area (TPSA) is 134 Å². The van der Waals surface area contributed by atoms with Gasteiger partial charge in [-0.25, -0.2) is 0 Å². The Balaban J connectivity index is 2.68. The summed E-state index contributed by atoms with van der Waals surface area (Å²) in [4.78, 5) is 22.4.